The first kappa shape index (κ1) is 16.0. The Balaban J connectivity index is 1.61. The van der Waals surface area contributed by atoms with Crippen molar-refractivity contribution in [2.45, 2.75) is 0 Å². The zero-order valence-electron chi connectivity index (χ0n) is 14.7. The maximum absolute atomic E-state index is 5.53. The van der Waals surface area contributed by atoms with Crippen molar-refractivity contribution in [1.82, 2.24) is 15.0 Å². The Kier molecular flexibility index (Phi) is 4.06. The summed E-state index contributed by atoms with van der Waals surface area (Å²) in [6, 6.07) is 9.81. The highest BCUT2D eigenvalue weighted by atomic mass is 16.7. The fourth-order valence-electron chi connectivity index (χ4n) is 3.29. The van der Waals surface area contributed by atoms with Gasteiger partial charge >= 0.3 is 0 Å². The summed E-state index contributed by atoms with van der Waals surface area (Å²) in [5.74, 6) is 2.20. The minimum atomic E-state index is 0.251. The summed E-state index contributed by atoms with van der Waals surface area (Å²) >= 11 is 0. The molecule has 2 aromatic heterocycles. The molecule has 0 unspecified atom stereocenters. The van der Waals surface area contributed by atoms with Gasteiger partial charge in [0.15, 0.2) is 11.5 Å². The van der Waals surface area contributed by atoms with Gasteiger partial charge in [0.25, 0.3) is 0 Å². The molecule has 4 heterocycles. The molecule has 2 aliphatic heterocycles. The van der Waals surface area contributed by atoms with Gasteiger partial charge in [0.1, 0.15) is 0 Å². The van der Waals surface area contributed by atoms with Crippen molar-refractivity contribution in [2.75, 3.05) is 38.0 Å². The molecule has 1 aromatic carbocycles. The molecule has 136 valence electrons. The monoisotopic (exact) mass is 362 g/mol. The Morgan fingerprint density at radius 1 is 0.926 bits per heavy atom. The van der Waals surface area contributed by atoms with E-state index >= 15 is 0 Å². The lowest BCUT2D eigenvalue weighted by Gasteiger charge is -2.27. The maximum atomic E-state index is 5.53. The number of anilines is 1. The van der Waals surface area contributed by atoms with Crippen LogP contribution in [0.4, 0.5) is 5.95 Å². The number of nitrogens with zero attached hydrogens (tertiary/aromatic N) is 4. The van der Waals surface area contributed by atoms with Gasteiger partial charge in [0.2, 0.25) is 12.7 Å². The molecular formula is C20H18N4O3. The molecule has 3 aromatic rings. The minimum Gasteiger partial charge on any atom is -0.454 e. The Morgan fingerprint density at radius 3 is 2.67 bits per heavy atom. The van der Waals surface area contributed by atoms with Gasteiger partial charge in [-0.15, -0.1) is 0 Å². The molecule has 0 N–H and O–H groups in total. The Bertz CT molecular complexity index is 959. The largest absolute Gasteiger partial charge is 0.454 e. The smallest absolute Gasteiger partial charge is 0.231 e. The molecule has 0 radical (unpaired) electrons. The maximum Gasteiger partial charge on any atom is 0.231 e. The number of pyridine rings is 1. The van der Waals surface area contributed by atoms with Gasteiger partial charge in [-0.3, -0.25) is 4.98 Å². The predicted octanol–water partition coefficient (Wildman–Crippen LogP) is 2.77. The van der Waals surface area contributed by atoms with E-state index in [0.29, 0.717) is 19.2 Å². The number of fused-ring (bicyclic) bond motifs is 1. The van der Waals surface area contributed by atoms with Gasteiger partial charge in [-0.1, -0.05) is 6.07 Å². The highest BCUT2D eigenvalue weighted by Gasteiger charge is 2.20. The van der Waals surface area contributed by atoms with E-state index in [4.69, 9.17) is 19.2 Å². The molecule has 7 heteroatoms. The second kappa shape index (κ2) is 6.85. The van der Waals surface area contributed by atoms with Crippen molar-refractivity contribution < 1.29 is 14.2 Å². The molecule has 0 aliphatic carbocycles. The second-order valence-electron chi connectivity index (χ2n) is 6.34. The molecule has 1 saturated heterocycles. The van der Waals surface area contributed by atoms with Crippen LogP contribution in [0.2, 0.25) is 0 Å². The normalized spacial score (nSPS) is 15.8. The fourth-order valence-corrected chi connectivity index (χ4v) is 3.29. The first-order valence-corrected chi connectivity index (χ1v) is 8.89. The van der Waals surface area contributed by atoms with E-state index in [1.165, 1.54) is 0 Å². The standard InChI is InChI=1S/C20H18N4O3/c1-2-15(11-21-5-1)19-16(14-3-4-17-18(10-14)27-13-26-17)12-22-20(23-19)24-6-8-25-9-7-24/h1-5,10-12H,6-9,13H2. The molecular weight excluding hydrogens is 344 g/mol. The first-order valence-electron chi connectivity index (χ1n) is 8.89. The van der Waals surface area contributed by atoms with Crippen molar-refractivity contribution in [2.24, 2.45) is 0 Å². The number of morpholine rings is 1. The third-order valence-corrected chi connectivity index (χ3v) is 4.69. The van der Waals surface area contributed by atoms with Crippen molar-refractivity contribution in [1.29, 1.82) is 0 Å². The van der Waals surface area contributed by atoms with Crippen LogP contribution in [0.1, 0.15) is 0 Å². The first-order chi connectivity index (χ1) is 13.4. The van der Waals surface area contributed by atoms with Crippen LogP contribution in [0.5, 0.6) is 11.5 Å². The minimum absolute atomic E-state index is 0.251. The lowest BCUT2D eigenvalue weighted by Crippen LogP contribution is -2.37. The highest BCUT2D eigenvalue weighted by Crippen LogP contribution is 2.38. The van der Waals surface area contributed by atoms with Crippen molar-refractivity contribution in [3.63, 3.8) is 0 Å². The summed E-state index contributed by atoms with van der Waals surface area (Å²) in [5, 5.41) is 0. The molecule has 1 fully saturated rings. The van der Waals surface area contributed by atoms with E-state index in [2.05, 4.69) is 14.9 Å². The third kappa shape index (κ3) is 3.06. The van der Waals surface area contributed by atoms with Gasteiger partial charge in [-0.25, -0.2) is 9.97 Å². The molecule has 27 heavy (non-hydrogen) atoms. The fraction of sp³-hybridized carbons (Fsp3) is 0.250. The second-order valence-corrected chi connectivity index (χ2v) is 6.34. The lowest BCUT2D eigenvalue weighted by molar-refractivity contribution is 0.122. The summed E-state index contributed by atoms with van der Waals surface area (Å²) in [5.41, 5.74) is 3.70. The highest BCUT2D eigenvalue weighted by molar-refractivity contribution is 5.81. The van der Waals surface area contributed by atoms with Gasteiger partial charge in [-0.2, -0.15) is 0 Å². The van der Waals surface area contributed by atoms with Crippen LogP contribution < -0.4 is 14.4 Å². The van der Waals surface area contributed by atoms with E-state index in [1.807, 2.05) is 42.7 Å². The summed E-state index contributed by atoms with van der Waals surface area (Å²) in [6.07, 6.45) is 5.45. The van der Waals surface area contributed by atoms with Crippen LogP contribution >= 0.6 is 0 Å². The van der Waals surface area contributed by atoms with Gasteiger partial charge in [0.05, 0.1) is 18.9 Å². The van der Waals surface area contributed by atoms with Crippen molar-refractivity contribution >= 4 is 5.95 Å². The number of rotatable bonds is 3. The number of aromatic nitrogens is 3. The molecule has 5 rings (SSSR count). The summed E-state index contributed by atoms with van der Waals surface area (Å²) in [6.45, 7) is 3.21. The van der Waals surface area contributed by atoms with E-state index in [1.54, 1.807) is 6.20 Å². The zero-order valence-corrected chi connectivity index (χ0v) is 14.7. The number of hydrogen-bond donors (Lipinski definition) is 0. The van der Waals surface area contributed by atoms with Crippen LogP contribution in [0.3, 0.4) is 0 Å². The van der Waals surface area contributed by atoms with E-state index in [-0.39, 0.29) is 6.79 Å². The van der Waals surface area contributed by atoms with Crippen LogP contribution in [0, 0.1) is 0 Å². The average Bonchev–Trinajstić information content (AvgIpc) is 3.22. The van der Waals surface area contributed by atoms with Crippen molar-refractivity contribution in [3.05, 3.63) is 48.9 Å². The zero-order chi connectivity index (χ0) is 18.1. The van der Waals surface area contributed by atoms with Gasteiger partial charge in [0, 0.05) is 42.8 Å². The Morgan fingerprint density at radius 2 is 1.81 bits per heavy atom. The van der Waals surface area contributed by atoms with Gasteiger partial charge in [-0.05, 0) is 29.8 Å². The lowest BCUT2D eigenvalue weighted by atomic mass is 10.0. The molecule has 0 spiro atoms. The molecule has 7 nitrogen and oxygen atoms in total. The van der Waals surface area contributed by atoms with E-state index in [9.17, 15) is 0 Å². The Labute approximate surface area is 156 Å². The van der Waals surface area contributed by atoms with Crippen LogP contribution in [0.15, 0.2) is 48.9 Å². The molecule has 2 aliphatic rings. The molecule has 0 saturated carbocycles. The van der Waals surface area contributed by atoms with Crippen LogP contribution in [-0.4, -0.2) is 48.0 Å². The summed E-state index contributed by atoms with van der Waals surface area (Å²) in [7, 11) is 0. The molecule has 0 amide bonds. The third-order valence-electron chi connectivity index (χ3n) is 4.69. The van der Waals surface area contributed by atoms with E-state index in [0.717, 1.165) is 47.0 Å². The van der Waals surface area contributed by atoms with Crippen molar-refractivity contribution in [3.8, 4) is 33.9 Å². The Hall–Kier alpha value is -3.19. The quantitative estimate of drug-likeness (QED) is 0.709. The number of ether oxygens (including phenoxy) is 3. The SMILES string of the molecule is c1cncc(-c2nc(N3CCOCC3)ncc2-c2ccc3c(c2)OCO3)c1. The summed E-state index contributed by atoms with van der Waals surface area (Å²) < 4.78 is 16.4. The van der Waals surface area contributed by atoms with Gasteiger partial charge < -0.3 is 19.1 Å². The number of hydrogen-bond acceptors (Lipinski definition) is 7. The topological polar surface area (TPSA) is 69.6 Å². The van der Waals surface area contributed by atoms with E-state index < -0.39 is 0 Å². The molecule has 0 atom stereocenters. The average molecular weight is 362 g/mol. The predicted molar refractivity (Wildman–Crippen MR) is 99.9 cm³/mol. The summed E-state index contributed by atoms with van der Waals surface area (Å²) in [4.78, 5) is 15.9. The van der Waals surface area contributed by atoms with Crippen LogP contribution in [-0.2, 0) is 4.74 Å². The molecule has 0 bridgehead atoms. The van der Waals surface area contributed by atoms with Crippen LogP contribution in [0.25, 0.3) is 22.4 Å². The number of benzene rings is 1.